The van der Waals surface area contributed by atoms with Crippen LogP contribution in [0.1, 0.15) is 76.6 Å². The first-order valence-electron chi connectivity index (χ1n) is 12.0. The van der Waals surface area contributed by atoms with E-state index >= 15 is 0 Å². The molecule has 1 rings (SSSR count). The van der Waals surface area contributed by atoms with Gasteiger partial charge in [-0.1, -0.05) is 38.0 Å². The van der Waals surface area contributed by atoms with Gasteiger partial charge in [-0.05, 0) is 83.1 Å². The Hall–Kier alpha value is -2.66. The van der Waals surface area contributed by atoms with E-state index in [1.807, 2.05) is 52.1 Å². The molecule has 0 bridgehead atoms. The third-order valence-corrected chi connectivity index (χ3v) is 6.18. The Morgan fingerprint density at radius 1 is 1.17 bits per heavy atom. The number of nitrogens with zero attached hydrogens (tertiary/aromatic N) is 1. The largest absolute Gasteiger partial charge is 0.444 e. The molecule has 0 aliphatic rings. The molecule has 194 valence electrons. The first kappa shape index (κ1) is 30.4. The minimum Gasteiger partial charge on any atom is -0.444 e. The Kier molecular flexibility index (Phi) is 12.2. The fourth-order valence-electron chi connectivity index (χ4n) is 3.67. The van der Waals surface area contributed by atoms with E-state index in [2.05, 4.69) is 16.7 Å². The number of carbonyl (C=O) groups is 3. The van der Waals surface area contributed by atoms with Crippen LogP contribution in [0.4, 0.5) is 4.79 Å². The van der Waals surface area contributed by atoms with Crippen LogP contribution < -0.4 is 10.6 Å². The minimum absolute atomic E-state index is 0.0815. The van der Waals surface area contributed by atoms with E-state index in [4.69, 9.17) is 11.2 Å². The van der Waals surface area contributed by atoms with Crippen molar-refractivity contribution in [3.05, 3.63) is 34.9 Å². The molecule has 35 heavy (non-hydrogen) atoms. The maximum Gasteiger partial charge on any atom is 0.408 e. The zero-order chi connectivity index (χ0) is 26.8. The van der Waals surface area contributed by atoms with E-state index in [0.29, 0.717) is 17.7 Å². The highest BCUT2D eigenvalue weighted by Crippen LogP contribution is 2.27. The molecule has 7 nitrogen and oxygen atoms in total. The number of rotatable bonds is 11. The summed E-state index contributed by atoms with van der Waals surface area (Å²) < 4.78 is 5.36. The molecule has 0 fully saturated rings. The fraction of sp³-hybridized carbons (Fsp3) is 0.593. The smallest absolute Gasteiger partial charge is 0.408 e. The molecule has 0 aromatic heterocycles. The average molecular weight is 504 g/mol. The van der Waals surface area contributed by atoms with Gasteiger partial charge in [-0.25, -0.2) is 4.79 Å². The van der Waals surface area contributed by atoms with E-state index in [1.165, 1.54) is 0 Å². The van der Waals surface area contributed by atoms with Gasteiger partial charge in [0.1, 0.15) is 17.7 Å². The molecule has 3 unspecified atom stereocenters. The molecule has 8 heteroatoms. The average Bonchev–Trinajstić information content (AvgIpc) is 2.75. The quantitative estimate of drug-likeness (QED) is 0.337. The molecule has 0 saturated heterocycles. The molecular weight excluding hydrogens is 462 g/mol. The number of nitrogens with one attached hydrogen (secondary N) is 2. The maximum absolute atomic E-state index is 13.7. The molecule has 2 N–H and O–H groups in total. The van der Waals surface area contributed by atoms with Crippen molar-refractivity contribution in [1.29, 1.82) is 0 Å². The second-order valence-corrected chi connectivity index (χ2v) is 10.7. The number of hydrogen-bond donors (Lipinski definition) is 2. The molecule has 1 aromatic carbocycles. The van der Waals surface area contributed by atoms with Crippen molar-refractivity contribution in [1.82, 2.24) is 15.5 Å². The molecule has 3 amide bonds. The number of alkyl carbamates (subject to hydrolysis) is 1. The summed E-state index contributed by atoms with van der Waals surface area (Å²) in [5.41, 5.74) is 1.79. The summed E-state index contributed by atoms with van der Waals surface area (Å²) in [4.78, 5) is 40.9. The van der Waals surface area contributed by atoms with Gasteiger partial charge in [0.25, 0.3) is 5.91 Å². The van der Waals surface area contributed by atoms with Crippen molar-refractivity contribution >= 4 is 29.7 Å². The summed E-state index contributed by atoms with van der Waals surface area (Å²) in [7, 11) is 0. The lowest BCUT2D eigenvalue weighted by Gasteiger charge is -2.32. The van der Waals surface area contributed by atoms with Gasteiger partial charge >= 0.3 is 6.09 Å². The lowest BCUT2D eigenvalue weighted by atomic mass is 9.95. The number of aryl methyl sites for hydroxylation is 1. The van der Waals surface area contributed by atoms with Crippen molar-refractivity contribution in [3.8, 4) is 12.5 Å². The third kappa shape index (κ3) is 9.48. The molecule has 3 atom stereocenters. The Morgan fingerprint density at radius 3 is 2.37 bits per heavy atom. The van der Waals surface area contributed by atoms with Crippen LogP contribution in [0.5, 0.6) is 0 Å². The topological polar surface area (TPSA) is 87.7 Å². The van der Waals surface area contributed by atoms with Crippen molar-refractivity contribution in [3.63, 3.8) is 0 Å². The lowest BCUT2D eigenvalue weighted by molar-refractivity contribution is -0.138. The van der Waals surface area contributed by atoms with Gasteiger partial charge in [-0.2, -0.15) is 11.8 Å². The van der Waals surface area contributed by atoms with Gasteiger partial charge in [0.15, 0.2) is 0 Å². The number of ether oxygens (including phenoxy) is 1. The minimum atomic E-state index is -1.04. The highest BCUT2D eigenvalue weighted by Gasteiger charge is 2.36. The first-order valence-corrected chi connectivity index (χ1v) is 13.4. The predicted octanol–water partition coefficient (Wildman–Crippen LogP) is 4.72. The van der Waals surface area contributed by atoms with Gasteiger partial charge in [0.05, 0.1) is 0 Å². The summed E-state index contributed by atoms with van der Waals surface area (Å²) in [6, 6.07) is 5.98. The maximum atomic E-state index is 13.7. The molecule has 0 saturated carbocycles. The molecular formula is C27H41N3O4S. The van der Waals surface area contributed by atoms with Crippen LogP contribution in [0.25, 0.3) is 0 Å². The van der Waals surface area contributed by atoms with Gasteiger partial charge < -0.3 is 15.4 Å². The summed E-state index contributed by atoms with van der Waals surface area (Å²) in [5.74, 6) is -0.276. The van der Waals surface area contributed by atoms with Crippen molar-refractivity contribution in [2.24, 2.45) is 0 Å². The third-order valence-electron chi connectivity index (χ3n) is 5.53. The first-order chi connectivity index (χ1) is 16.4. The van der Waals surface area contributed by atoms with Crippen molar-refractivity contribution in [2.75, 3.05) is 12.0 Å². The molecule has 0 radical (unpaired) electrons. The van der Waals surface area contributed by atoms with Crippen LogP contribution >= 0.6 is 11.8 Å². The SMILES string of the molecule is C#CN(C(=O)C(CCSC)NC(=O)OC(C)(C)C)C(C(=O)NC(C)CCC)c1cccc(C)c1C. The number of amides is 3. The van der Waals surface area contributed by atoms with Crippen LogP contribution in [0, 0.1) is 26.3 Å². The Labute approximate surface area is 215 Å². The van der Waals surface area contributed by atoms with E-state index in [1.54, 1.807) is 32.5 Å². The molecule has 0 spiro atoms. The second kappa shape index (κ2) is 14.0. The van der Waals surface area contributed by atoms with Crippen LogP contribution in [0.15, 0.2) is 18.2 Å². The summed E-state index contributed by atoms with van der Waals surface area (Å²) in [6.07, 6.45) is 9.10. The molecule has 1 aromatic rings. The van der Waals surface area contributed by atoms with Gasteiger partial charge in [0.2, 0.25) is 5.91 Å². The van der Waals surface area contributed by atoms with Gasteiger partial charge in [-0.3, -0.25) is 14.5 Å². The Morgan fingerprint density at radius 2 is 1.83 bits per heavy atom. The Balaban J connectivity index is 3.43. The number of benzene rings is 1. The monoisotopic (exact) mass is 503 g/mol. The van der Waals surface area contributed by atoms with Crippen LogP contribution in [-0.2, 0) is 14.3 Å². The Bertz CT molecular complexity index is 920. The zero-order valence-corrected chi connectivity index (χ0v) is 23.2. The zero-order valence-electron chi connectivity index (χ0n) is 22.4. The molecule has 0 heterocycles. The summed E-state index contributed by atoms with van der Waals surface area (Å²) in [6.45, 7) is 13.1. The van der Waals surface area contributed by atoms with E-state index < -0.39 is 29.7 Å². The highest BCUT2D eigenvalue weighted by atomic mass is 32.2. The predicted molar refractivity (Wildman–Crippen MR) is 143 cm³/mol. The van der Waals surface area contributed by atoms with Crippen LogP contribution in [-0.4, -0.2) is 52.5 Å². The van der Waals surface area contributed by atoms with E-state index in [0.717, 1.165) is 28.9 Å². The van der Waals surface area contributed by atoms with Crippen molar-refractivity contribution < 1.29 is 19.1 Å². The van der Waals surface area contributed by atoms with E-state index in [-0.39, 0.29) is 11.9 Å². The van der Waals surface area contributed by atoms with Crippen LogP contribution in [0.2, 0.25) is 0 Å². The summed E-state index contributed by atoms with van der Waals surface area (Å²) in [5, 5.41) is 5.67. The fourth-order valence-corrected chi connectivity index (χ4v) is 4.14. The van der Waals surface area contributed by atoms with Gasteiger partial charge in [0, 0.05) is 12.1 Å². The number of thioether (sulfide) groups is 1. The van der Waals surface area contributed by atoms with Crippen LogP contribution in [0.3, 0.4) is 0 Å². The summed E-state index contributed by atoms with van der Waals surface area (Å²) >= 11 is 1.54. The molecule has 0 aliphatic heterocycles. The van der Waals surface area contributed by atoms with Crippen molar-refractivity contribution in [2.45, 2.75) is 91.5 Å². The molecule has 0 aliphatic carbocycles. The number of carbonyl (C=O) groups excluding carboxylic acids is 3. The second-order valence-electron chi connectivity index (χ2n) is 9.71. The number of hydrogen-bond acceptors (Lipinski definition) is 5. The highest BCUT2D eigenvalue weighted by molar-refractivity contribution is 7.98. The van der Waals surface area contributed by atoms with Gasteiger partial charge in [-0.15, -0.1) is 0 Å². The number of terminal acetylenes is 1. The normalized spacial score (nSPS) is 13.7. The lowest BCUT2D eigenvalue weighted by Crippen LogP contribution is -2.52. The van der Waals surface area contributed by atoms with E-state index in [9.17, 15) is 14.4 Å². The standard InChI is InChI=1S/C27H41N3O4S/c1-10-13-19(4)28-24(31)23(21-15-12-14-18(3)20(21)5)30(11-2)25(32)22(16-17-35-9)29-26(33)34-27(6,7)8/h2,12,14-15,19,22-23H,10,13,16-17H2,1,3-9H3,(H,28,31)(H,29,33).